The molecule has 0 amide bonds. The van der Waals surface area contributed by atoms with E-state index in [2.05, 4.69) is 48.8 Å². The predicted molar refractivity (Wildman–Crippen MR) is 78.2 cm³/mol. The van der Waals surface area contributed by atoms with Gasteiger partial charge in [-0.15, -0.1) is 0 Å². The molecule has 0 spiro atoms. The molecule has 0 saturated carbocycles. The molecular weight excluding hydrogens is 234 g/mol. The molecule has 0 radical (unpaired) electrons. The molecule has 0 aliphatic heterocycles. The number of nitrogens with zero attached hydrogens (tertiary/aromatic N) is 2. The maximum atomic E-state index is 8.68. The number of benzene rings is 1. The summed E-state index contributed by atoms with van der Waals surface area (Å²) in [5, 5.41) is 8.68. The van der Waals surface area contributed by atoms with Crippen LogP contribution < -0.4 is 5.73 Å². The third-order valence-electron chi connectivity index (χ3n) is 2.92. The van der Waals surface area contributed by atoms with Crippen molar-refractivity contribution in [3.63, 3.8) is 0 Å². The van der Waals surface area contributed by atoms with E-state index in [0.717, 1.165) is 18.7 Å². The van der Waals surface area contributed by atoms with Crippen molar-refractivity contribution in [2.75, 3.05) is 13.1 Å². The van der Waals surface area contributed by atoms with E-state index in [1.165, 1.54) is 5.56 Å². The minimum Gasteiger partial charge on any atom is -0.320 e. The van der Waals surface area contributed by atoms with Crippen LogP contribution in [0.4, 0.5) is 0 Å². The number of nitriles is 1. The number of rotatable bonds is 5. The van der Waals surface area contributed by atoms with Crippen LogP contribution in [0.5, 0.6) is 0 Å². The van der Waals surface area contributed by atoms with Crippen LogP contribution >= 0.6 is 0 Å². The van der Waals surface area contributed by atoms with Crippen LogP contribution in [0.15, 0.2) is 24.3 Å². The largest absolute Gasteiger partial charge is 0.320 e. The molecule has 0 aromatic heterocycles. The molecule has 0 heterocycles. The van der Waals surface area contributed by atoms with E-state index >= 15 is 0 Å². The fourth-order valence-corrected chi connectivity index (χ4v) is 1.79. The van der Waals surface area contributed by atoms with Gasteiger partial charge in [0.05, 0.1) is 12.6 Å². The van der Waals surface area contributed by atoms with E-state index in [1.807, 2.05) is 12.1 Å². The normalized spacial score (nSPS) is 10.1. The van der Waals surface area contributed by atoms with Crippen molar-refractivity contribution in [3.05, 3.63) is 35.4 Å². The first kappa shape index (κ1) is 15.2. The van der Waals surface area contributed by atoms with Gasteiger partial charge >= 0.3 is 0 Å². The zero-order valence-electron chi connectivity index (χ0n) is 11.7. The number of nitrogens with two attached hydrogens (primary N) is 1. The summed E-state index contributed by atoms with van der Waals surface area (Å²) < 4.78 is 0. The molecule has 0 unspecified atom stereocenters. The molecule has 0 aliphatic rings. The van der Waals surface area contributed by atoms with Gasteiger partial charge in [-0.05, 0) is 31.5 Å². The van der Waals surface area contributed by atoms with Gasteiger partial charge in [0.25, 0.3) is 0 Å². The van der Waals surface area contributed by atoms with Crippen LogP contribution in [0.3, 0.4) is 0 Å². The summed E-state index contributed by atoms with van der Waals surface area (Å²) >= 11 is 0. The molecule has 1 aromatic rings. The topological polar surface area (TPSA) is 53.0 Å². The van der Waals surface area contributed by atoms with Crippen molar-refractivity contribution < 1.29 is 0 Å². The van der Waals surface area contributed by atoms with Crippen molar-refractivity contribution in [1.29, 1.82) is 5.26 Å². The lowest BCUT2D eigenvalue weighted by atomic mass is 10.1. The Morgan fingerprint density at radius 3 is 2.47 bits per heavy atom. The molecule has 1 aromatic carbocycles. The van der Waals surface area contributed by atoms with Crippen molar-refractivity contribution in [3.8, 4) is 17.9 Å². The van der Waals surface area contributed by atoms with Crippen molar-refractivity contribution in [1.82, 2.24) is 4.90 Å². The summed E-state index contributed by atoms with van der Waals surface area (Å²) in [5.74, 6) is 5.85. The zero-order valence-corrected chi connectivity index (χ0v) is 11.7. The summed E-state index contributed by atoms with van der Waals surface area (Å²) in [6.07, 6.45) is 0.568. The number of hydrogen-bond donors (Lipinski definition) is 1. The van der Waals surface area contributed by atoms with E-state index in [-0.39, 0.29) is 0 Å². The van der Waals surface area contributed by atoms with Crippen LogP contribution in [-0.2, 0) is 6.54 Å². The third-order valence-corrected chi connectivity index (χ3v) is 2.92. The molecule has 1 rings (SSSR count). The van der Waals surface area contributed by atoms with Crippen LogP contribution in [0.2, 0.25) is 0 Å². The predicted octanol–water partition coefficient (Wildman–Crippen LogP) is 2.12. The molecule has 0 saturated heterocycles. The molecule has 19 heavy (non-hydrogen) atoms. The second-order valence-electron chi connectivity index (χ2n) is 4.68. The second kappa shape index (κ2) is 8.32. The van der Waals surface area contributed by atoms with Gasteiger partial charge in [0.1, 0.15) is 0 Å². The van der Waals surface area contributed by atoms with Gasteiger partial charge in [-0.25, -0.2) is 0 Å². The van der Waals surface area contributed by atoms with Crippen LogP contribution in [0.25, 0.3) is 0 Å². The van der Waals surface area contributed by atoms with Gasteiger partial charge in [0.15, 0.2) is 0 Å². The molecular formula is C16H21N3. The quantitative estimate of drug-likeness (QED) is 0.820. The molecule has 0 atom stereocenters. The maximum Gasteiger partial charge on any atom is 0.0635 e. The SMILES string of the molecule is CC(C)N(CCC#N)Cc1ccc(C#CCN)cc1. The Kier molecular flexibility index (Phi) is 6.68. The molecule has 0 bridgehead atoms. The molecule has 0 fully saturated rings. The Bertz CT molecular complexity index is 471. The third kappa shape index (κ3) is 5.57. The lowest BCUT2D eigenvalue weighted by Crippen LogP contribution is -2.31. The Balaban J connectivity index is 2.67. The molecule has 2 N–H and O–H groups in total. The standard InChI is InChI=1S/C16H21N3/c1-14(2)19(12-4-11-18)13-16-8-6-15(7-9-16)5-3-10-17/h6-9,14H,4,10,12-13,17H2,1-2H3. The minimum atomic E-state index is 0.386. The Morgan fingerprint density at radius 1 is 1.26 bits per heavy atom. The Hall–Kier alpha value is -1.81. The molecule has 100 valence electrons. The summed E-state index contributed by atoms with van der Waals surface area (Å²) in [4.78, 5) is 2.30. The maximum absolute atomic E-state index is 8.68. The fraction of sp³-hybridized carbons (Fsp3) is 0.438. The Labute approximate surface area is 116 Å². The minimum absolute atomic E-state index is 0.386. The van der Waals surface area contributed by atoms with Crippen LogP contribution in [-0.4, -0.2) is 24.0 Å². The van der Waals surface area contributed by atoms with E-state index in [1.54, 1.807) is 0 Å². The van der Waals surface area contributed by atoms with E-state index in [4.69, 9.17) is 11.0 Å². The van der Waals surface area contributed by atoms with Gasteiger partial charge in [-0.1, -0.05) is 24.0 Å². The summed E-state index contributed by atoms with van der Waals surface area (Å²) in [6.45, 7) is 6.36. The van der Waals surface area contributed by atoms with Gasteiger partial charge in [-0.2, -0.15) is 5.26 Å². The van der Waals surface area contributed by atoms with Crippen LogP contribution in [0, 0.1) is 23.2 Å². The lowest BCUT2D eigenvalue weighted by Gasteiger charge is -2.25. The van der Waals surface area contributed by atoms with Gasteiger partial charge < -0.3 is 5.73 Å². The lowest BCUT2D eigenvalue weighted by molar-refractivity contribution is 0.218. The van der Waals surface area contributed by atoms with E-state index < -0.39 is 0 Å². The highest BCUT2D eigenvalue weighted by molar-refractivity contribution is 5.36. The van der Waals surface area contributed by atoms with Gasteiger partial charge in [0, 0.05) is 31.1 Å². The molecule has 3 nitrogen and oxygen atoms in total. The summed E-state index contributed by atoms with van der Waals surface area (Å²) in [5.41, 5.74) is 7.57. The highest BCUT2D eigenvalue weighted by Crippen LogP contribution is 2.10. The number of hydrogen-bond acceptors (Lipinski definition) is 3. The van der Waals surface area contributed by atoms with E-state index in [0.29, 0.717) is 19.0 Å². The van der Waals surface area contributed by atoms with Crippen molar-refractivity contribution >= 4 is 0 Å². The van der Waals surface area contributed by atoms with E-state index in [9.17, 15) is 0 Å². The fourth-order valence-electron chi connectivity index (χ4n) is 1.79. The molecule has 3 heteroatoms. The second-order valence-corrected chi connectivity index (χ2v) is 4.68. The first-order chi connectivity index (χ1) is 9.17. The average Bonchev–Trinajstić information content (AvgIpc) is 2.42. The van der Waals surface area contributed by atoms with Gasteiger partial charge in [-0.3, -0.25) is 4.90 Å². The highest BCUT2D eigenvalue weighted by Gasteiger charge is 2.09. The highest BCUT2D eigenvalue weighted by atomic mass is 15.1. The Morgan fingerprint density at radius 2 is 1.95 bits per heavy atom. The van der Waals surface area contributed by atoms with Gasteiger partial charge in [0.2, 0.25) is 0 Å². The van der Waals surface area contributed by atoms with Crippen molar-refractivity contribution in [2.45, 2.75) is 32.9 Å². The monoisotopic (exact) mass is 255 g/mol. The first-order valence-electron chi connectivity index (χ1n) is 6.56. The van der Waals surface area contributed by atoms with Crippen LogP contribution in [0.1, 0.15) is 31.4 Å². The smallest absolute Gasteiger partial charge is 0.0635 e. The average molecular weight is 255 g/mol. The summed E-state index contributed by atoms with van der Waals surface area (Å²) in [6, 6.07) is 10.8. The van der Waals surface area contributed by atoms with Crippen molar-refractivity contribution in [2.24, 2.45) is 5.73 Å². The molecule has 0 aliphatic carbocycles. The first-order valence-corrected chi connectivity index (χ1v) is 6.56. The zero-order chi connectivity index (χ0) is 14.1. The summed E-state index contributed by atoms with van der Waals surface area (Å²) in [7, 11) is 0.